The van der Waals surface area contributed by atoms with Crippen molar-refractivity contribution in [2.45, 2.75) is 33.6 Å². The highest BCUT2D eigenvalue weighted by Gasteiger charge is 2.13. The zero-order valence-corrected chi connectivity index (χ0v) is 16.5. The standard InChI is InChI=1S/C20H24N2O3S/c1-13(22-14(2)11-21-4)8-9-25-18-7-6-17-16(10-19(23)24-5)12-26-20(17)15(18)3/h6-7,11-12H,4,8-10H2,1-3,5H3/b14-11-,22-13?. The van der Waals surface area contributed by atoms with E-state index < -0.39 is 0 Å². The van der Waals surface area contributed by atoms with E-state index >= 15 is 0 Å². The summed E-state index contributed by atoms with van der Waals surface area (Å²) in [5.41, 5.74) is 3.89. The van der Waals surface area contributed by atoms with E-state index in [4.69, 9.17) is 9.47 Å². The van der Waals surface area contributed by atoms with E-state index in [1.54, 1.807) is 17.5 Å². The van der Waals surface area contributed by atoms with Crippen LogP contribution in [0.3, 0.4) is 0 Å². The second-order valence-corrected chi connectivity index (χ2v) is 6.86. The Labute approximate surface area is 158 Å². The second-order valence-electron chi connectivity index (χ2n) is 5.98. The smallest absolute Gasteiger partial charge is 0.310 e. The van der Waals surface area contributed by atoms with E-state index in [2.05, 4.69) is 16.7 Å². The molecule has 5 nitrogen and oxygen atoms in total. The van der Waals surface area contributed by atoms with Gasteiger partial charge < -0.3 is 9.47 Å². The molecule has 2 rings (SSSR count). The van der Waals surface area contributed by atoms with E-state index in [0.29, 0.717) is 6.61 Å². The topological polar surface area (TPSA) is 60.2 Å². The molecule has 138 valence electrons. The number of carbonyl (C=O) groups excluding carboxylic acids is 1. The molecule has 0 unspecified atom stereocenters. The van der Waals surface area contributed by atoms with E-state index in [1.807, 2.05) is 38.3 Å². The molecule has 1 aromatic heterocycles. The Balaban J connectivity index is 2.07. The van der Waals surface area contributed by atoms with Crippen LogP contribution < -0.4 is 4.74 Å². The minimum absolute atomic E-state index is 0.228. The van der Waals surface area contributed by atoms with Crippen molar-refractivity contribution in [3.63, 3.8) is 0 Å². The zero-order valence-electron chi connectivity index (χ0n) is 15.7. The average Bonchev–Trinajstić information content (AvgIpc) is 3.00. The molecule has 0 fully saturated rings. The molecule has 6 heteroatoms. The van der Waals surface area contributed by atoms with Gasteiger partial charge in [-0.15, -0.1) is 11.3 Å². The summed E-state index contributed by atoms with van der Waals surface area (Å²) in [6, 6.07) is 3.97. The molecule has 1 aromatic carbocycles. The Morgan fingerprint density at radius 1 is 1.35 bits per heavy atom. The highest BCUT2D eigenvalue weighted by molar-refractivity contribution is 7.17. The molecule has 0 aliphatic rings. The first-order chi connectivity index (χ1) is 12.5. The normalized spacial score (nSPS) is 12.3. The third-order valence-electron chi connectivity index (χ3n) is 3.95. The first-order valence-electron chi connectivity index (χ1n) is 8.32. The molecule has 0 radical (unpaired) electrons. The van der Waals surface area contributed by atoms with E-state index in [9.17, 15) is 4.79 Å². The molecule has 0 N–H and O–H groups in total. The van der Waals surface area contributed by atoms with Gasteiger partial charge in [0.15, 0.2) is 0 Å². The van der Waals surface area contributed by atoms with Gasteiger partial charge >= 0.3 is 5.97 Å². The molecular weight excluding hydrogens is 348 g/mol. The summed E-state index contributed by atoms with van der Waals surface area (Å²) < 4.78 is 11.8. The molecule has 0 aliphatic carbocycles. The summed E-state index contributed by atoms with van der Waals surface area (Å²) >= 11 is 1.63. The number of rotatable bonds is 8. The maximum absolute atomic E-state index is 11.5. The number of allylic oxidation sites excluding steroid dienone is 1. The van der Waals surface area contributed by atoms with Crippen LogP contribution in [0.1, 0.15) is 31.4 Å². The number of hydrogen-bond donors (Lipinski definition) is 0. The molecule has 0 saturated carbocycles. The number of fused-ring (bicyclic) bond motifs is 1. The summed E-state index contributed by atoms with van der Waals surface area (Å²) in [5.74, 6) is 0.630. The van der Waals surface area contributed by atoms with Gasteiger partial charge in [0.1, 0.15) is 5.75 Å². The van der Waals surface area contributed by atoms with Crippen LogP contribution >= 0.6 is 11.3 Å². The fraction of sp³-hybridized carbons (Fsp3) is 0.350. The first-order valence-corrected chi connectivity index (χ1v) is 9.20. The van der Waals surface area contributed by atoms with Crippen LogP contribution in [0.5, 0.6) is 5.75 Å². The number of aliphatic imine (C=N–C) groups is 2. The molecule has 0 saturated heterocycles. The quantitative estimate of drug-likeness (QED) is 0.498. The lowest BCUT2D eigenvalue weighted by Gasteiger charge is -2.10. The van der Waals surface area contributed by atoms with Gasteiger partial charge in [-0.3, -0.25) is 14.8 Å². The van der Waals surface area contributed by atoms with E-state index in [1.165, 1.54) is 7.11 Å². The van der Waals surface area contributed by atoms with Crippen LogP contribution in [0, 0.1) is 6.92 Å². The lowest BCUT2D eigenvalue weighted by molar-refractivity contribution is -0.139. The number of methoxy groups -OCH3 is 1. The number of nitrogens with zero attached hydrogens (tertiary/aromatic N) is 2. The Bertz CT molecular complexity index is 865. The van der Waals surface area contributed by atoms with Crippen LogP contribution in [0.25, 0.3) is 10.1 Å². The van der Waals surface area contributed by atoms with Crippen LogP contribution in [0.4, 0.5) is 0 Å². The molecule has 0 bridgehead atoms. The molecule has 26 heavy (non-hydrogen) atoms. The Morgan fingerprint density at radius 2 is 2.12 bits per heavy atom. The summed E-state index contributed by atoms with van der Waals surface area (Å²) in [5, 5.41) is 3.10. The molecule has 0 amide bonds. The maximum atomic E-state index is 11.5. The highest BCUT2D eigenvalue weighted by atomic mass is 32.1. The average molecular weight is 372 g/mol. The Kier molecular flexibility index (Phi) is 7.09. The molecule has 1 heterocycles. The van der Waals surface area contributed by atoms with Gasteiger partial charge in [0.2, 0.25) is 0 Å². The molecule has 0 atom stereocenters. The number of benzene rings is 1. The van der Waals surface area contributed by atoms with Gasteiger partial charge in [0.25, 0.3) is 0 Å². The second kappa shape index (κ2) is 9.29. The third kappa shape index (κ3) is 5.02. The molecule has 2 aromatic rings. The van der Waals surface area contributed by atoms with Gasteiger partial charge in [-0.25, -0.2) is 0 Å². The van der Waals surface area contributed by atoms with E-state index in [0.717, 1.165) is 44.8 Å². The molecule has 0 aliphatic heterocycles. The Morgan fingerprint density at radius 3 is 2.81 bits per heavy atom. The van der Waals surface area contributed by atoms with Crippen molar-refractivity contribution in [3.05, 3.63) is 40.5 Å². The number of carbonyl (C=O) groups is 1. The summed E-state index contributed by atoms with van der Waals surface area (Å²) in [6.45, 7) is 9.87. The van der Waals surface area contributed by atoms with Crippen LogP contribution in [0.2, 0.25) is 0 Å². The first kappa shape index (κ1) is 19.8. The van der Waals surface area contributed by atoms with Gasteiger partial charge in [0.05, 0.1) is 25.8 Å². The minimum atomic E-state index is -0.228. The van der Waals surface area contributed by atoms with Crippen molar-refractivity contribution >= 4 is 39.8 Å². The number of aryl methyl sites for hydroxylation is 1. The fourth-order valence-corrected chi connectivity index (χ4v) is 3.69. The Hall–Kier alpha value is -2.47. The summed E-state index contributed by atoms with van der Waals surface area (Å²) in [4.78, 5) is 19.7. The number of ether oxygens (including phenoxy) is 2. The van der Waals surface area contributed by atoms with Crippen LogP contribution in [0.15, 0.2) is 39.4 Å². The van der Waals surface area contributed by atoms with Crippen molar-refractivity contribution < 1.29 is 14.3 Å². The van der Waals surface area contributed by atoms with Crippen molar-refractivity contribution in [1.82, 2.24) is 0 Å². The minimum Gasteiger partial charge on any atom is -0.493 e. The highest BCUT2D eigenvalue weighted by Crippen LogP contribution is 2.34. The lowest BCUT2D eigenvalue weighted by atomic mass is 10.1. The number of thiophene rings is 1. The maximum Gasteiger partial charge on any atom is 0.310 e. The largest absolute Gasteiger partial charge is 0.493 e. The summed E-state index contributed by atoms with van der Waals surface area (Å²) in [6.07, 6.45) is 2.65. The van der Waals surface area contributed by atoms with E-state index in [-0.39, 0.29) is 12.4 Å². The number of hydrogen-bond acceptors (Lipinski definition) is 6. The van der Waals surface area contributed by atoms with Gasteiger partial charge in [0, 0.05) is 28.6 Å². The van der Waals surface area contributed by atoms with Crippen LogP contribution in [-0.2, 0) is 16.0 Å². The molecular formula is C20H24N2O3S. The predicted molar refractivity (Wildman–Crippen MR) is 109 cm³/mol. The van der Waals surface area contributed by atoms with Crippen molar-refractivity contribution in [1.29, 1.82) is 0 Å². The third-order valence-corrected chi connectivity index (χ3v) is 5.11. The zero-order chi connectivity index (χ0) is 19.1. The fourth-order valence-electron chi connectivity index (χ4n) is 2.62. The van der Waals surface area contributed by atoms with Gasteiger partial charge in [-0.1, -0.05) is 0 Å². The monoisotopic (exact) mass is 372 g/mol. The van der Waals surface area contributed by atoms with Crippen molar-refractivity contribution in [3.8, 4) is 5.75 Å². The van der Waals surface area contributed by atoms with Gasteiger partial charge in [-0.05, 0) is 56.0 Å². The summed E-state index contributed by atoms with van der Waals surface area (Å²) in [7, 11) is 1.41. The van der Waals surface area contributed by atoms with Crippen LogP contribution in [-0.4, -0.2) is 32.1 Å². The van der Waals surface area contributed by atoms with Gasteiger partial charge in [-0.2, -0.15) is 0 Å². The lowest BCUT2D eigenvalue weighted by Crippen LogP contribution is -2.05. The van der Waals surface area contributed by atoms with Crippen molar-refractivity contribution in [2.75, 3.05) is 13.7 Å². The SMILES string of the molecule is C=N/C=C(/C)N=C(C)CCOc1ccc2c(CC(=O)OC)csc2c1C. The molecule has 0 spiro atoms. The van der Waals surface area contributed by atoms with Crippen molar-refractivity contribution in [2.24, 2.45) is 9.98 Å². The number of esters is 1. The predicted octanol–water partition coefficient (Wildman–Crippen LogP) is 4.72.